The third-order valence-corrected chi connectivity index (χ3v) is 6.13. The van der Waals surface area contributed by atoms with Crippen molar-refractivity contribution in [3.05, 3.63) is 34.5 Å². The average molecular weight is 535 g/mol. The Hall–Kier alpha value is -3.47. The number of ether oxygens (including phenoxy) is 3. The van der Waals surface area contributed by atoms with Gasteiger partial charge >= 0.3 is 6.09 Å². The van der Waals surface area contributed by atoms with Crippen LogP contribution in [0.2, 0.25) is 5.15 Å². The maximum Gasteiger partial charge on any atom is 0.410 e. The molecule has 11 nitrogen and oxygen atoms in total. The molecule has 1 aromatic heterocycles. The van der Waals surface area contributed by atoms with Crippen LogP contribution >= 0.6 is 11.6 Å². The fourth-order valence-corrected chi connectivity index (χ4v) is 3.94. The van der Waals surface area contributed by atoms with Crippen LogP contribution in [0.4, 0.5) is 16.6 Å². The molecule has 0 saturated carbocycles. The van der Waals surface area contributed by atoms with Gasteiger partial charge in [0.05, 0.1) is 20.1 Å². The predicted molar refractivity (Wildman–Crippen MR) is 141 cm³/mol. The van der Waals surface area contributed by atoms with Crippen molar-refractivity contribution < 1.29 is 23.8 Å². The molecule has 3 rings (SSSR count). The molecule has 1 atom stereocenters. The lowest BCUT2D eigenvalue weighted by Gasteiger charge is -2.33. The molecular formula is C25H35ClN6O5. The number of piperidine rings is 1. The van der Waals surface area contributed by atoms with E-state index in [-0.39, 0.29) is 29.5 Å². The zero-order valence-electron chi connectivity index (χ0n) is 22.1. The molecule has 2 heterocycles. The van der Waals surface area contributed by atoms with Gasteiger partial charge in [-0.2, -0.15) is 4.98 Å². The normalized spacial score (nSPS) is 15.5. The number of methoxy groups -OCH3 is 2. The Morgan fingerprint density at radius 1 is 1.19 bits per heavy atom. The smallest absolute Gasteiger partial charge is 0.410 e. The number of nitrogens with one attached hydrogen (secondary N) is 3. The molecule has 0 bridgehead atoms. The van der Waals surface area contributed by atoms with Crippen LogP contribution < -0.4 is 25.6 Å². The highest BCUT2D eigenvalue weighted by atomic mass is 35.5. The van der Waals surface area contributed by atoms with E-state index >= 15 is 0 Å². The summed E-state index contributed by atoms with van der Waals surface area (Å²) in [6.07, 6.45) is 0.950. The van der Waals surface area contributed by atoms with Crippen molar-refractivity contribution in [3.8, 4) is 11.5 Å². The second-order valence-corrected chi connectivity index (χ2v) is 10.1. The largest absolute Gasteiger partial charge is 0.497 e. The number of hydrazine groups is 1. The van der Waals surface area contributed by atoms with Crippen molar-refractivity contribution in [2.45, 2.75) is 52.7 Å². The molecule has 1 aliphatic rings. The van der Waals surface area contributed by atoms with Gasteiger partial charge in [0.2, 0.25) is 11.9 Å². The van der Waals surface area contributed by atoms with Gasteiger partial charge in [-0.15, -0.1) is 0 Å². The van der Waals surface area contributed by atoms with Crippen LogP contribution in [0, 0.1) is 12.8 Å². The first kappa shape index (κ1) is 28.1. The molecule has 1 unspecified atom stereocenters. The maximum absolute atomic E-state index is 12.9. The van der Waals surface area contributed by atoms with Gasteiger partial charge in [0.15, 0.2) is 5.82 Å². The molecule has 37 heavy (non-hydrogen) atoms. The van der Waals surface area contributed by atoms with E-state index in [0.29, 0.717) is 48.8 Å². The summed E-state index contributed by atoms with van der Waals surface area (Å²) < 4.78 is 16.1. The van der Waals surface area contributed by atoms with Crippen molar-refractivity contribution in [2.75, 3.05) is 38.1 Å². The highest BCUT2D eigenvalue weighted by molar-refractivity contribution is 6.30. The molecule has 12 heteroatoms. The minimum Gasteiger partial charge on any atom is -0.497 e. The van der Waals surface area contributed by atoms with Crippen molar-refractivity contribution in [2.24, 2.45) is 5.92 Å². The molecule has 2 amide bonds. The van der Waals surface area contributed by atoms with E-state index < -0.39 is 11.7 Å². The number of hydrogen-bond acceptors (Lipinski definition) is 9. The Morgan fingerprint density at radius 3 is 2.62 bits per heavy atom. The summed E-state index contributed by atoms with van der Waals surface area (Å²) in [6.45, 7) is 8.40. The lowest BCUT2D eigenvalue weighted by atomic mass is 9.98. The maximum atomic E-state index is 12.9. The van der Waals surface area contributed by atoms with Gasteiger partial charge in [0.25, 0.3) is 0 Å². The fraction of sp³-hybridized carbons (Fsp3) is 0.520. The molecule has 1 fully saturated rings. The van der Waals surface area contributed by atoms with Gasteiger partial charge < -0.3 is 24.4 Å². The fourth-order valence-electron chi connectivity index (χ4n) is 3.77. The van der Waals surface area contributed by atoms with Gasteiger partial charge in [-0.05, 0) is 52.7 Å². The minimum absolute atomic E-state index is 0.240. The van der Waals surface area contributed by atoms with E-state index in [1.165, 1.54) is 0 Å². The summed E-state index contributed by atoms with van der Waals surface area (Å²) in [5.74, 6) is 1.34. The zero-order valence-corrected chi connectivity index (χ0v) is 22.9. The van der Waals surface area contributed by atoms with Crippen LogP contribution in [0.3, 0.4) is 0 Å². The average Bonchev–Trinajstić information content (AvgIpc) is 2.87. The summed E-state index contributed by atoms with van der Waals surface area (Å²) in [5.41, 5.74) is 6.41. The van der Waals surface area contributed by atoms with Crippen LogP contribution in [0.1, 0.15) is 44.7 Å². The van der Waals surface area contributed by atoms with Gasteiger partial charge in [-0.1, -0.05) is 11.6 Å². The zero-order chi connectivity index (χ0) is 27.2. The monoisotopic (exact) mass is 534 g/mol. The van der Waals surface area contributed by atoms with Gasteiger partial charge in [-0.25, -0.2) is 9.78 Å². The Labute approximate surface area is 222 Å². The van der Waals surface area contributed by atoms with Crippen LogP contribution in [0.5, 0.6) is 11.5 Å². The topological polar surface area (TPSA) is 127 Å². The number of halogens is 1. The highest BCUT2D eigenvalue weighted by Crippen LogP contribution is 2.26. The van der Waals surface area contributed by atoms with E-state index in [9.17, 15) is 9.59 Å². The van der Waals surface area contributed by atoms with Crippen molar-refractivity contribution >= 4 is 35.4 Å². The lowest BCUT2D eigenvalue weighted by Crippen LogP contribution is -2.48. The Kier molecular flexibility index (Phi) is 9.25. The number of rotatable bonds is 8. The quantitative estimate of drug-likeness (QED) is 0.338. The SMILES string of the molecule is COc1ccc(CNc2nc(Cl)c(C)c(NNC(=O)C3CCCN(C(=O)OC(C)(C)C)C3)n2)c(OC)c1. The van der Waals surface area contributed by atoms with Crippen molar-refractivity contribution in [1.82, 2.24) is 20.3 Å². The molecule has 0 spiro atoms. The molecule has 0 aliphatic carbocycles. The van der Waals surface area contributed by atoms with Gasteiger partial charge in [0.1, 0.15) is 22.3 Å². The number of benzene rings is 1. The number of carbonyl (C=O) groups excluding carboxylic acids is 2. The number of amides is 2. The van der Waals surface area contributed by atoms with E-state index in [1.807, 2.05) is 32.9 Å². The third kappa shape index (κ3) is 7.75. The number of likely N-dealkylation sites (tertiary alicyclic amines) is 1. The van der Waals surface area contributed by atoms with E-state index in [1.54, 1.807) is 32.1 Å². The first-order chi connectivity index (χ1) is 17.5. The van der Waals surface area contributed by atoms with Crippen LogP contribution in [-0.2, 0) is 16.1 Å². The summed E-state index contributed by atoms with van der Waals surface area (Å²) in [6, 6.07) is 5.50. The molecular weight excluding hydrogens is 500 g/mol. The summed E-state index contributed by atoms with van der Waals surface area (Å²) >= 11 is 6.33. The standard InChI is InChI=1S/C25H35ClN6O5/c1-15-20(26)28-23(27-13-16-9-10-18(35-5)12-19(16)36-6)29-21(15)30-31-22(33)17-8-7-11-32(14-17)24(34)37-25(2,3)4/h9-10,12,17H,7-8,11,13-14H2,1-6H3,(H,31,33)(H2,27,28,29,30). The van der Waals surface area contributed by atoms with Crippen molar-refractivity contribution in [3.63, 3.8) is 0 Å². The van der Waals surface area contributed by atoms with Crippen LogP contribution in [0.15, 0.2) is 18.2 Å². The Morgan fingerprint density at radius 2 is 1.95 bits per heavy atom. The molecule has 202 valence electrons. The predicted octanol–water partition coefficient (Wildman–Crippen LogP) is 4.16. The third-order valence-electron chi connectivity index (χ3n) is 5.77. The Balaban J connectivity index is 1.62. The summed E-state index contributed by atoms with van der Waals surface area (Å²) in [5, 5.41) is 3.37. The van der Waals surface area contributed by atoms with E-state index in [2.05, 4.69) is 26.1 Å². The number of nitrogens with zero attached hydrogens (tertiary/aromatic N) is 3. The first-order valence-electron chi connectivity index (χ1n) is 12.0. The number of aromatic nitrogens is 2. The highest BCUT2D eigenvalue weighted by Gasteiger charge is 2.31. The molecule has 2 aromatic rings. The molecule has 1 saturated heterocycles. The number of anilines is 2. The second-order valence-electron chi connectivity index (χ2n) is 9.72. The van der Waals surface area contributed by atoms with Crippen LogP contribution in [-0.4, -0.2) is 59.8 Å². The van der Waals surface area contributed by atoms with Gasteiger partial charge in [-0.3, -0.25) is 15.6 Å². The molecule has 1 aliphatic heterocycles. The second kappa shape index (κ2) is 12.2. The lowest BCUT2D eigenvalue weighted by molar-refractivity contribution is -0.126. The van der Waals surface area contributed by atoms with Crippen LogP contribution in [0.25, 0.3) is 0 Å². The minimum atomic E-state index is -0.595. The number of hydrogen-bond donors (Lipinski definition) is 3. The van der Waals surface area contributed by atoms with E-state index in [0.717, 1.165) is 5.56 Å². The van der Waals surface area contributed by atoms with Gasteiger partial charge in [0, 0.05) is 36.8 Å². The molecule has 3 N–H and O–H groups in total. The van der Waals surface area contributed by atoms with E-state index in [4.69, 9.17) is 25.8 Å². The first-order valence-corrected chi connectivity index (χ1v) is 12.4. The molecule has 0 radical (unpaired) electrons. The molecule has 1 aromatic carbocycles. The Bertz CT molecular complexity index is 1120. The number of carbonyl (C=O) groups is 2. The summed E-state index contributed by atoms with van der Waals surface area (Å²) in [4.78, 5) is 35.6. The van der Waals surface area contributed by atoms with Crippen molar-refractivity contribution in [1.29, 1.82) is 0 Å². The summed E-state index contributed by atoms with van der Waals surface area (Å²) in [7, 11) is 3.18.